The van der Waals surface area contributed by atoms with Crippen molar-refractivity contribution in [3.05, 3.63) is 112 Å². The molecule has 1 atom stereocenters. The summed E-state index contributed by atoms with van der Waals surface area (Å²) >= 11 is 7.23. The van der Waals surface area contributed by atoms with Gasteiger partial charge in [0.25, 0.3) is 5.91 Å². The predicted octanol–water partition coefficient (Wildman–Crippen LogP) is 5.08. The van der Waals surface area contributed by atoms with E-state index in [0.29, 0.717) is 22.2 Å². The Morgan fingerprint density at radius 1 is 0.970 bits per heavy atom. The Balaban J connectivity index is 1.65. The summed E-state index contributed by atoms with van der Waals surface area (Å²) in [5.74, 6) is -0.676. The molecule has 3 aromatic carbocycles. The molecule has 0 unspecified atom stereocenters. The Labute approximate surface area is 201 Å². The molecule has 0 bridgehead atoms. The number of nitrogens with zero attached hydrogens (tertiary/aromatic N) is 2. The Hall–Kier alpha value is -3.53. The van der Waals surface area contributed by atoms with Gasteiger partial charge in [-0.25, -0.2) is 0 Å². The molecule has 1 aliphatic heterocycles. The summed E-state index contributed by atoms with van der Waals surface area (Å²) in [5.41, 5.74) is 2.41. The number of nitrogens with one attached hydrogen (secondary N) is 1. The van der Waals surface area contributed by atoms with E-state index in [1.165, 1.54) is 16.7 Å². The Bertz CT molecular complexity index is 1220. The first-order valence-corrected chi connectivity index (χ1v) is 11.6. The number of carbonyl (C=O) groups excluding carboxylic acids is 2. The summed E-state index contributed by atoms with van der Waals surface area (Å²) in [6, 6.07) is 27.9. The van der Waals surface area contributed by atoms with Crippen molar-refractivity contribution in [1.82, 2.24) is 5.32 Å². The van der Waals surface area contributed by atoms with Gasteiger partial charge < -0.3 is 5.32 Å². The van der Waals surface area contributed by atoms with Gasteiger partial charge in [-0.3, -0.25) is 14.5 Å². The molecule has 1 aliphatic rings. The van der Waals surface area contributed by atoms with Crippen LogP contribution in [0.3, 0.4) is 0 Å². The second-order valence-electron chi connectivity index (χ2n) is 7.41. The normalized spacial score (nSPS) is 16.9. The number of amides is 2. The minimum Gasteiger partial charge on any atom is -0.347 e. The lowest BCUT2D eigenvalue weighted by Crippen LogP contribution is -2.32. The maximum Gasteiger partial charge on any atom is 0.264 e. The molecular formula is C26H20ClN3O2S. The summed E-state index contributed by atoms with van der Waals surface area (Å²) in [7, 11) is 0. The molecule has 0 spiro atoms. The molecule has 1 heterocycles. The molecule has 5 nitrogen and oxygen atoms in total. The van der Waals surface area contributed by atoms with E-state index in [1.54, 1.807) is 24.3 Å². The van der Waals surface area contributed by atoms with E-state index < -0.39 is 11.2 Å². The van der Waals surface area contributed by atoms with Crippen LogP contribution in [-0.2, 0) is 22.6 Å². The summed E-state index contributed by atoms with van der Waals surface area (Å²) in [6.07, 6.45) is 0.456. The van der Waals surface area contributed by atoms with Gasteiger partial charge in [-0.05, 0) is 41.8 Å². The minimum atomic E-state index is -0.510. The molecule has 1 N–H and O–H groups in total. The molecule has 4 rings (SSSR count). The van der Waals surface area contributed by atoms with Crippen LogP contribution in [0.25, 0.3) is 0 Å². The maximum absolute atomic E-state index is 13.4. The van der Waals surface area contributed by atoms with Crippen molar-refractivity contribution in [3.63, 3.8) is 0 Å². The largest absolute Gasteiger partial charge is 0.347 e. The van der Waals surface area contributed by atoms with Crippen LogP contribution in [0.1, 0.15) is 11.1 Å². The van der Waals surface area contributed by atoms with E-state index >= 15 is 0 Å². The second kappa shape index (κ2) is 10.4. The highest BCUT2D eigenvalue weighted by Gasteiger charge is 2.40. The molecule has 0 saturated carbocycles. The summed E-state index contributed by atoms with van der Waals surface area (Å²) in [5, 5.41) is 13.2. The van der Waals surface area contributed by atoms with Crippen molar-refractivity contribution in [2.45, 2.75) is 18.2 Å². The number of carbonyl (C=O) groups is 2. The second-order valence-corrected chi connectivity index (χ2v) is 9.03. The van der Waals surface area contributed by atoms with E-state index in [0.717, 1.165) is 11.1 Å². The maximum atomic E-state index is 13.4. The summed E-state index contributed by atoms with van der Waals surface area (Å²) in [4.78, 5) is 27.9. The van der Waals surface area contributed by atoms with Gasteiger partial charge in [-0.1, -0.05) is 84.0 Å². The summed E-state index contributed by atoms with van der Waals surface area (Å²) in [6.45, 7) is 0.288. The van der Waals surface area contributed by atoms with Gasteiger partial charge in [0.15, 0.2) is 0 Å². The highest BCUT2D eigenvalue weighted by molar-refractivity contribution is 8.05. The van der Waals surface area contributed by atoms with Crippen LogP contribution in [0.4, 0.5) is 5.69 Å². The monoisotopic (exact) mass is 473 g/mol. The number of hydrogen-bond acceptors (Lipinski definition) is 4. The number of para-hydroxylation sites is 1. The Kier molecular flexibility index (Phi) is 7.13. The van der Waals surface area contributed by atoms with Crippen molar-refractivity contribution in [2.24, 2.45) is 0 Å². The van der Waals surface area contributed by atoms with Crippen LogP contribution < -0.4 is 10.2 Å². The van der Waals surface area contributed by atoms with E-state index in [4.69, 9.17) is 11.6 Å². The number of hydrogen-bond donors (Lipinski definition) is 1. The average molecular weight is 474 g/mol. The Morgan fingerprint density at radius 3 is 2.24 bits per heavy atom. The molecule has 164 valence electrons. The molecule has 7 heteroatoms. The van der Waals surface area contributed by atoms with Gasteiger partial charge in [-0.15, -0.1) is 0 Å². The van der Waals surface area contributed by atoms with Crippen LogP contribution in [0.2, 0.25) is 5.02 Å². The predicted molar refractivity (Wildman–Crippen MR) is 131 cm³/mol. The van der Waals surface area contributed by atoms with Gasteiger partial charge in [0.05, 0.1) is 5.25 Å². The van der Waals surface area contributed by atoms with Crippen molar-refractivity contribution in [3.8, 4) is 6.07 Å². The van der Waals surface area contributed by atoms with E-state index in [-0.39, 0.29) is 18.0 Å². The van der Waals surface area contributed by atoms with E-state index in [9.17, 15) is 14.9 Å². The minimum absolute atomic E-state index is 0.0771. The number of nitriles is 1. The third-order valence-corrected chi connectivity index (χ3v) is 6.66. The van der Waals surface area contributed by atoms with Crippen LogP contribution >= 0.6 is 23.4 Å². The smallest absolute Gasteiger partial charge is 0.264 e. The van der Waals surface area contributed by atoms with Gasteiger partial charge >= 0.3 is 0 Å². The van der Waals surface area contributed by atoms with Gasteiger partial charge in [-0.2, -0.15) is 5.26 Å². The SMILES string of the molecule is N#C/C(C(=O)NCc1ccccc1)=C1/S[C@H](Cc2ccc(Cl)cc2)C(=O)N1c1ccccc1. The third-order valence-electron chi connectivity index (χ3n) is 5.15. The van der Waals surface area contributed by atoms with Gasteiger partial charge in [0.1, 0.15) is 16.7 Å². The van der Waals surface area contributed by atoms with Crippen molar-refractivity contribution >= 4 is 40.9 Å². The van der Waals surface area contributed by atoms with Gasteiger partial charge in [0, 0.05) is 17.3 Å². The number of halogens is 1. The molecular weight excluding hydrogens is 454 g/mol. The molecule has 33 heavy (non-hydrogen) atoms. The number of rotatable bonds is 6. The van der Waals surface area contributed by atoms with E-state index in [2.05, 4.69) is 5.32 Å². The average Bonchev–Trinajstić information content (AvgIpc) is 3.16. The molecule has 3 aromatic rings. The fourth-order valence-corrected chi connectivity index (χ4v) is 4.93. The quantitative estimate of drug-likeness (QED) is 0.400. The Morgan fingerprint density at radius 2 is 1.61 bits per heavy atom. The molecule has 0 aromatic heterocycles. The highest BCUT2D eigenvalue weighted by atomic mass is 35.5. The first-order chi connectivity index (χ1) is 16.1. The molecule has 1 saturated heterocycles. The highest BCUT2D eigenvalue weighted by Crippen LogP contribution is 2.41. The molecule has 0 radical (unpaired) electrons. The third kappa shape index (κ3) is 5.28. The lowest BCUT2D eigenvalue weighted by molar-refractivity contribution is -0.117. The number of benzene rings is 3. The standard InChI is InChI=1S/C26H20ClN3O2S/c27-20-13-11-18(12-14-20)15-23-25(32)30(21-9-5-2-6-10-21)26(33-23)22(16-28)24(31)29-17-19-7-3-1-4-8-19/h1-14,23H,15,17H2,(H,29,31)/b26-22-/t23-/m1/s1. The molecule has 0 aliphatic carbocycles. The zero-order valence-corrected chi connectivity index (χ0v) is 19.1. The summed E-state index contributed by atoms with van der Waals surface area (Å²) < 4.78 is 0. The molecule has 2 amide bonds. The fraction of sp³-hybridized carbons (Fsp3) is 0.115. The van der Waals surface area contributed by atoms with E-state index in [1.807, 2.05) is 66.7 Å². The topological polar surface area (TPSA) is 73.2 Å². The zero-order chi connectivity index (χ0) is 23.2. The first kappa shape index (κ1) is 22.7. The fourth-order valence-electron chi connectivity index (χ4n) is 3.50. The lowest BCUT2D eigenvalue weighted by atomic mass is 10.1. The molecule has 1 fully saturated rings. The van der Waals surface area contributed by atoms with Crippen molar-refractivity contribution in [1.29, 1.82) is 5.26 Å². The number of thioether (sulfide) groups is 1. The van der Waals surface area contributed by atoms with Crippen LogP contribution in [-0.4, -0.2) is 17.1 Å². The van der Waals surface area contributed by atoms with Crippen LogP contribution in [0, 0.1) is 11.3 Å². The van der Waals surface area contributed by atoms with Crippen LogP contribution in [0.15, 0.2) is 95.5 Å². The van der Waals surface area contributed by atoms with Crippen molar-refractivity contribution < 1.29 is 9.59 Å². The zero-order valence-electron chi connectivity index (χ0n) is 17.6. The van der Waals surface area contributed by atoms with Crippen molar-refractivity contribution in [2.75, 3.05) is 4.90 Å². The first-order valence-electron chi connectivity index (χ1n) is 10.3. The number of anilines is 1. The van der Waals surface area contributed by atoms with Gasteiger partial charge in [0.2, 0.25) is 5.91 Å². The van der Waals surface area contributed by atoms with Crippen LogP contribution in [0.5, 0.6) is 0 Å². The lowest BCUT2D eigenvalue weighted by Gasteiger charge is -2.18.